The van der Waals surface area contributed by atoms with Crippen LogP contribution < -0.4 is 10.6 Å². The van der Waals surface area contributed by atoms with Crippen LogP contribution in [0.15, 0.2) is 24.3 Å². The molecule has 0 spiro atoms. The molecule has 0 aromatic heterocycles. The summed E-state index contributed by atoms with van der Waals surface area (Å²) in [6.45, 7) is 2.16. The molecule has 88 valence electrons. The summed E-state index contributed by atoms with van der Waals surface area (Å²) in [6.07, 6.45) is 0. The average molecular weight is 231 g/mol. The number of nitriles is 1. The van der Waals surface area contributed by atoms with Gasteiger partial charge in [-0.1, -0.05) is 6.07 Å². The topological polar surface area (TPSA) is 82.0 Å². The van der Waals surface area contributed by atoms with E-state index in [-0.39, 0.29) is 11.8 Å². The van der Waals surface area contributed by atoms with E-state index in [1.807, 2.05) is 6.07 Å². The molecule has 0 radical (unpaired) electrons. The van der Waals surface area contributed by atoms with Crippen molar-refractivity contribution in [3.8, 4) is 6.07 Å². The molecule has 0 saturated heterocycles. The molecule has 0 bridgehead atoms. The molecule has 0 aliphatic rings. The van der Waals surface area contributed by atoms with Crippen molar-refractivity contribution < 1.29 is 9.59 Å². The molecule has 5 nitrogen and oxygen atoms in total. The van der Waals surface area contributed by atoms with Gasteiger partial charge in [0.05, 0.1) is 11.6 Å². The highest BCUT2D eigenvalue weighted by molar-refractivity contribution is 5.94. The molecule has 2 amide bonds. The van der Waals surface area contributed by atoms with Crippen molar-refractivity contribution in [2.45, 2.75) is 6.92 Å². The predicted molar refractivity (Wildman–Crippen MR) is 62.2 cm³/mol. The standard InChI is InChI=1S/C12H13N3O2/c1-9(16)14-5-6-15-12(17)11-4-2-3-10(7-11)8-13/h2-4,7H,5-6H2,1H3,(H,14,16)(H,15,17). The van der Waals surface area contributed by atoms with Gasteiger partial charge in [-0.25, -0.2) is 0 Å². The van der Waals surface area contributed by atoms with Gasteiger partial charge in [0.2, 0.25) is 5.91 Å². The van der Waals surface area contributed by atoms with Gasteiger partial charge in [0.25, 0.3) is 5.91 Å². The minimum absolute atomic E-state index is 0.134. The summed E-state index contributed by atoms with van der Waals surface area (Å²) < 4.78 is 0. The highest BCUT2D eigenvalue weighted by atomic mass is 16.2. The fourth-order valence-electron chi connectivity index (χ4n) is 1.25. The molecule has 2 N–H and O–H groups in total. The lowest BCUT2D eigenvalue weighted by molar-refractivity contribution is -0.118. The summed E-state index contributed by atoms with van der Waals surface area (Å²) in [5.74, 6) is -0.391. The molecule has 0 fully saturated rings. The lowest BCUT2D eigenvalue weighted by Gasteiger charge is -2.05. The molecule has 1 rings (SSSR count). The van der Waals surface area contributed by atoms with E-state index >= 15 is 0 Å². The van der Waals surface area contributed by atoms with Crippen molar-refractivity contribution in [1.82, 2.24) is 10.6 Å². The predicted octanol–water partition coefficient (Wildman–Crippen LogP) is 0.424. The maximum absolute atomic E-state index is 11.6. The quantitative estimate of drug-likeness (QED) is 0.737. The van der Waals surface area contributed by atoms with Crippen LogP contribution in [0.2, 0.25) is 0 Å². The van der Waals surface area contributed by atoms with E-state index in [0.29, 0.717) is 24.2 Å². The Hall–Kier alpha value is -2.35. The summed E-state index contributed by atoms with van der Waals surface area (Å²) in [6, 6.07) is 8.41. The van der Waals surface area contributed by atoms with E-state index in [0.717, 1.165) is 0 Å². The van der Waals surface area contributed by atoms with Crippen LogP contribution in [0.5, 0.6) is 0 Å². The average Bonchev–Trinajstić information content (AvgIpc) is 2.34. The number of hydrogen-bond acceptors (Lipinski definition) is 3. The van der Waals surface area contributed by atoms with Gasteiger partial charge < -0.3 is 10.6 Å². The van der Waals surface area contributed by atoms with E-state index in [1.54, 1.807) is 18.2 Å². The number of hydrogen-bond donors (Lipinski definition) is 2. The molecule has 0 aliphatic carbocycles. The highest BCUT2D eigenvalue weighted by Gasteiger charge is 2.05. The molecule has 5 heteroatoms. The molecule has 0 unspecified atom stereocenters. The van der Waals surface area contributed by atoms with Crippen molar-refractivity contribution in [2.75, 3.05) is 13.1 Å². The third-order valence-electron chi connectivity index (χ3n) is 2.04. The van der Waals surface area contributed by atoms with Crippen LogP contribution >= 0.6 is 0 Å². The smallest absolute Gasteiger partial charge is 0.251 e. The molecular weight excluding hydrogens is 218 g/mol. The zero-order valence-electron chi connectivity index (χ0n) is 9.49. The highest BCUT2D eigenvalue weighted by Crippen LogP contribution is 2.03. The summed E-state index contributed by atoms with van der Waals surface area (Å²) >= 11 is 0. The van der Waals surface area contributed by atoms with Crippen LogP contribution in [0.1, 0.15) is 22.8 Å². The molecule has 1 aromatic rings. The SMILES string of the molecule is CC(=O)NCCNC(=O)c1cccc(C#N)c1. The normalized spacial score (nSPS) is 9.18. The number of rotatable bonds is 4. The van der Waals surface area contributed by atoms with E-state index < -0.39 is 0 Å². The lowest BCUT2D eigenvalue weighted by atomic mass is 10.1. The number of nitrogens with zero attached hydrogens (tertiary/aromatic N) is 1. The second kappa shape index (κ2) is 6.28. The maximum Gasteiger partial charge on any atom is 0.251 e. The van der Waals surface area contributed by atoms with E-state index in [1.165, 1.54) is 13.0 Å². The Morgan fingerprint density at radius 2 is 2.00 bits per heavy atom. The largest absolute Gasteiger partial charge is 0.355 e. The second-order valence-electron chi connectivity index (χ2n) is 3.43. The molecule has 0 aliphatic heterocycles. The van der Waals surface area contributed by atoms with Gasteiger partial charge in [0, 0.05) is 25.6 Å². The Labute approximate surface area is 99.4 Å². The Bertz CT molecular complexity index is 463. The Balaban J connectivity index is 2.47. The number of nitrogens with one attached hydrogen (secondary N) is 2. The first kappa shape index (κ1) is 12.7. The molecular formula is C12H13N3O2. The number of carbonyl (C=O) groups is 2. The van der Waals surface area contributed by atoms with Gasteiger partial charge in [-0.15, -0.1) is 0 Å². The van der Waals surface area contributed by atoms with Crippen molar-refractivity contribution in [2.24, 2.45) is 0 Å². The van der Waals surface area contributed by atoms with Gasteiger partial charge in [-0.3, -0.25) is 9.59 Å². The first-order chi connectivity index (χ1) is 8.13. The maximum atomic E-state index is 11.6. The third-order valence-corrected chi connectivity index (χ3v) is 2.04. The zero-order chi connectivity index (χ0) is 12.7. The molecule has 0 saturated carbocycles. The summed E-state index contributed by atoms with van der Waals surface area (Å²) in [5.41, 5.74) is 0.881. The Kier molecular flexibility index (Phi) is 4.70. The second-order valence-corrected chi connectivity index (χ2v) is 3.43. The van der Waals surface area contributed by atoms with Crippen molar-refractivity contribution >= 4 is 11.8 Å². The minimum Gasteiger partial charge on any atom is -0.355 e. The minimum atomic E-state index is -0.257. The lowest BCUT2D eigenvalue weighted by Crippen LogP contribution is -2.33. The third kappa shape index (κ3) is 4.34. The Morgan fingerprint density at radius 1 is 1.29 bits per heavy atom. The van der Waals surface area contributed by atoms with Crippen molar-refractivity contribution in [1.29, 1.82) is 5.26 Å². The monoisotopic (exact) mass is 231 g/mol. The zero-order valence-corrected chi connectivity index (χ0v) is 9.49. The molecule has 1 aromatic carbocycles. The molecule has 0 atom stereocenters. The summed E-state index contributed by atoms with van der Waals surface area (Å²) in [4.78, 5) is 22.2. The Morgan fingerprint density at radius 3 is 2.65 bits per heavy atom. The van der Waals surface area contributed by atoms with Crippen LogP contribution in [-0.4, -0.2) is 24.9 Å². The fraction of sp³-hybridized carbons (Fsp3) is 0.250. The molecule has 17 heavy (non-hydrogen) atoms. The van der Waals surface area contributed by atoms with Gasteiger partial charge >= 0.3 is 0 Å². The van der Waals surface area contributed by atoms with Gasteiger partial charge in [0.1, 0.15) is 0 Å². The number of carbonyl (C=O) groups excluding carboxylic acids is 2. The van der Waals surface area contributed by atoms with E-state index in [4.69, 9.17) is 5.26 Å². The van der Waals surface area contributed by atoms with Gasteiger partial charge in [-0.05, 0) is 18.2 Å². The first-order valence-corrected chi connectivity index (χ1v) is 5.16. The van der Waals surface area contributed by atoms with E-state index in [2.05, 4.69) is 10.6 Å². The molecule has 0 heterocycles. The van der Waals surface area contributed by atoms with Crippen LogP contribution in [0.4, 0.5) is 0 Å². The van der Waals surface area contributed by atoms with Crippen molar-refractivity contribution in [3.63, 3.8) is 0 Å². The number of benzene rings is 1. The fourth-order valence-corrected chi connectivity index (χ4v) is 1.25. The number of amides is 2. The van der Waals surface area contributed by atoms with Crippen LogP contribution in [0.3, 0.4) is 0 Å². The van der Waals surface area contributed by atoms with Crippen LogP contribution in [0.25, 0.3) is 0 Å². The summed E-state index contributed by atoms with van der Waals surface area (Å²) in [7, 11) is 0. The van der Waals surface area contributed by atoms with Crippen molar-refractivity contribution in [3.05, 3.63) is 35.4 Å². The summed E-state index contributed by atoms with van der Waals surface area (Å²) in [5, 5.41) is 13.9. The van der Waals surface area contributed by atoms with Gasteiger partial charge in [0.15, 0.2) is 0 Å². The van der Waals surface area contributed by atoms with E-state index in [9.17, 15) is 9.59 Å². The van der Waals surface area contributed by atoms with Gasteiger partial charge in [-0.2, -0.15) is 5.26 Å². The first-order valence-electron chi connectivity index (χ1n) is 5.16. The van der Waals surface area contributed by atoms with Crippen LogP contribution in [-0.2, 0) is 4.79 Å². The van der Waals surface area contributed by atoms with Crippen LogP contribution in [0, 0.1) is 11.3 Å².